The third kappa shape index (κ3) is 3.72. The van der Waals surface area contributed by atoms with Crippen LogP contribution in [-0.2, 0) is 0 Å². The molecule has 80 valence electrons. The van der Waals surface area contributed by atoms with Gasteiger partial charge in [0.25, 0.3) is 0 Å². The van der Waals surface area contributed by atoms with Crippen molar-refractivity contribution in [3.8, 4) is 12.3 Å². The summed E-state index contributed by atoms with van der Waals surface area (Å²) >= 11 is 0. The van der Waals surface area contributed by atoms with Gasteiger partial charge < -0.3 is 5.32 Å². The Morgan fingerprint density at radius 1 is 1.14 bits per heavy atom. The minimum absolute atomic E-state index is 0.216. The molecule has 0 heterocycles. The third-order valence-corrected chi connectivity index (χ3v) is 3.37. The Balaban J connectivity index is 2.34. The zero-order chi connectivity index (χ0) is 10.4. The van der Waals surface area contributed by atoms with Crippen LogP contribution in [0.3, 0.4) is 0 Å². The Morgan fingerprint density at radius 3 is 2.21 bits per heavy atom. The van der Waals surface area contributed by atoms with Crippen molar-refractivity contribution < 1.29 is 0 Å². The van der Waals surface area contributed by atoms with Crippen molar-refractivity contribution in [1.82, 2.24) is 5.32 Å². The second kappa shape index (κ2) is 6.09. The summed E-state index contributed by atoms with van der Waals surface area (Å²) in [5.74, 6) is 3.58. The second-order valence-corrected chi connectivity index (χ2v) is 4.60. The molecule has 1 heteroatoms. The van der Waals surface area contributed by atoms with Gasteiger partial charge >= 0.3 is 0 Å². The highest BCUT2D eigenvalue weighted by atomic mass is 14.9. The summed E-state index contributed by atoms with van der Waals surface area (Å²) in [6.45, 7) is 4.34. The first-order valence-electron chi connectivity index (χ1n) is 5.96. The van der Waals surface area contributed by atoms with Crippen LogP contribution in [0.25, 0.3) is 0 Å². The van der Waals surface area contributed by atoms with E-state index in [1.54, 1.807) is 0 Å². The summed E-state index contributed by atoms with van der Waals surface area (Å²) in [7, 11) is 0. The fourth-order valence-corrected chi connectivity index (χ4v) is 2.39. The molecule has 1 saturated carbocycles. The number of hydrogen-bond acceptors (Lipinski definition) is 1. The lowest BCUT2D eigenvalue weighted by Crippen LogP contribution is -2.38. The van der Waals surface area contributed by atoms with Gasteiger partial charge in [-0.3, -0.25) is 0 Å². The smallest absolute Gasteiger partial charge is 0.0660 e. The van der Waals surface area contributed by atoms with Crippen molar-refractivity contribution in [3.05, 3.63) is 0 Å². The molecule has 0 aromatic rings. The number of terminal acetylenes is 1. The molecule has 1 aliphatic carbocycles. The van der Waals surface area contributed by atoms with Crippen molar-refractivity contribution in [3.63, 3.8) is 0 Å². The number of rotatable bonds is 3. The van der Waals surface area contributed by atoms with Gasteiger partial charge in [-0.25, -0.2) is 0 Å². The van der Waals surface area contributed by atoms with Crippen LogP contribution in [0.2, 0.25) is 0 Å². The predicted octanol–water partition coefficient (Wildman–Crippen LogP) is 2.96. The van der Waals surface area contributed by atoms with Crippen molar-refractivity contribution in [2.24, 2.45) is 5.92 Å². The molecule has 0 amide bonds. The quantitative estimate of drug-likeness (QED) is 0.537. The first-order valence-corrected chi connectivity index (χ1v) is 5.96. The van der Waals surface area contributed by atoms with Crippen LogP contribution in [0.1, 0.15) is 52.4 Å². The Labute approximate surface area is 88.7 Å². The summed E-state index contributed by atoms with van der Waals surface area (Å²) in [6.07, 6.45) is 13.8. The first kappa shape index (κ1) is 11.6. The maximum absolute atomic E-state index is 5.37. The monoisotopic (exact) mass is 193 g/mol. The fourth-order valence-electron chi connectivity index (χ4n) is 2.39. The highest BCUT2D eigenvalue weighted by Crippen LogP contribution is 2.25. The average molecular weight is 193 g/mol. The summed E-state index contributed by atoms with van der Waals surface area (Å²) in [4.78, 5) is 0. The van der Waals surface area contributed by atoms with Gasteiger partial charge in [-0.1, -0.05) is 31.6 Å². The molecule has 1 N–H and O–H groups in total. The lowest BCUT2D eigenvalue weighted by Gasteiger charge is -2.25. The first-order chi connectivity index (χ1) is 6.74. The molecule has 2 atom stereocenters. The van der Waals surface area contributed by atoms with Gasteiger partial charge in [-0.2, -0.15) is 0 Å². The third-order valence-electron chi connectivity index (χ3n) is 3.37. The highest BCUT2D eigenvalue weighted by molar-refractivity contribution is 4.97. The van der Waals surface area contributed by atoms with Crippen LogP contribution in [0.5, 0.6) is 0 Å². The predicted molar refractivity (Wildman–Crippen MR) is 62.1 cm³/mol. The van der Waals surface area contributed by atoms with Crippen LogP contribution in [0.15, 0.2) is 0 Å². The SMILES string of the molecule is C#CC(C)N[C@@H](C)C1CCCCCC1. The standard InChI is InChI=1S/C13H23N/c1-4-11(2)14-12(3)13-9-7-5-6-8-10-13/h1,11-14H,5-10H2,2-3H3/t11?,12-/m0/s1. The van der Waals surface area contributed by atoms with Crippen LogP contribution >= 0.6 is 0 Å². The molecule has 1 fully saturated rings. The van der Waals surface area contributed by atoms with Crippen LogP contribution in [0, 0.1) is 18.3 Å². The van der Waals surface area contributed by atoms with E-state index in [1.807, 2.05) is 0 Å². The Morgan fingerprint density at radius 2 is 1.71 bits per heavy atom. The topological polar surface area (TPSA) is 12.0 Å². The minimum Gasteiger partial charge on any atom is -0.301 e. The van der Waals surface area contributed by atoms with E-state index < -0.39 is 0 Å². The van der Waals surface area contributed by atoms with Gasteiger partial charge in [-0.15, -0.1) is 6.42 Å². The summed E-state index contributed by atoms with van der Waals surface area (Å²) < 4.78 is 0. The molecular weight excluding hydrogens is 170 g/mol. The van der Waals surface area contributed by atoms with E-state index in [9.17, 15) is 0 Å². The van der Waals surface area contributed by atoms with E-state index in [0.717, 1.165) is 5.92 Å². The lowest BCUT2D eigenvalue weighted by molar-refractivity contribution is 0.330. The highest BCUT2D eigenvalue weighted by Gasteiger charge is 2.19. The van der Waals surface area contributed by atoms with Gasteiger partial charge in [0.05, 0.1) is 6.04 Å². The van der Waals surface area contributed by atoms with E-state index in [2.05, 4.69) is 25.1 Å². The molecule has 0 aromatic heterocycles. The van der Waals surface area contributed by atoms with E-state index >= 15 is 0 Å². The molecular formula is C13H23N. The van der Waals surface area contributed by atoms with Crippen LogP contribution in [0.4, 0.5) is 0 Å². The van der Waals surface area contributed by atoms with E-state index in [1.165, 1.54) is 38.5 Å². The normalized spacial score (nSPS) is 23.5. The Bertz CT molecular complexity index is 184. The maximum atomic E-state index is 5.37. The van der Waals surface area contributed by atoms with Crippen molar-refractivity contribution in [2.75, 3.05) is 0 Å². The molecule has 0 spiro atoms. The summed E-state index contributed by atoms with van der Waals surface area (Å²) in [5, 5.41) is 3.49. The van der Waals surface area contributed by atoms with Crippen LogP contribution < -0.4 is 5.32 Å². The van der Waals surface area contributed by atoms with Gasteiger partial charge in [0, 0.05) is 6.04 Å². The van der Waals surface area contributed by atoms with Gasteiger partial charge in [0.1, 0.15) is 0 Å². The van der Waals surface area contributed by atoms with Gasteiger partial charge in [0.2, 0.25) is 0 Å². The number of hydrogen-bond donors (Lipinski definition) is 1. The average Bonchev–Trinajstić information content (AvgIpc) is 2.45. The van der Waals surface area contributed by atoms with E-state index in [4.69, 9.17) is 6.42 Å². The summed E-state index contributed by atoms with van der Waals surface area (Å²) in [5.41, 5.74) is 0. The molecule has 0 aliphatic heterocycles. The minimum atomic E-state index is 0.216. The molecule has 0 bridgehead atoms. The molecule has 1 aliphatic rings. The van der Waals surface area contributed by atoms with Gasteiger partial charge in [-0.05, 0) is 32.6 Å². The van der Waals surface area contributed by atoms with Crippen LogP contribution in [-0.4, -0.2) is 12.1 Å². The van der Waals surface area contributed by atoms with E-state index in [0.29, 0.717) is 6.04 Å². The zero-order valence-corrected chi connectivity index (χ0v) is 9.55. The van der Waals surface area contributed by atoms with Crippen molar-refractivity contribution >= 4 is 0 Å². The summed E-state index contributed by atoms with van der Waals surface area (Å²) in [6, 6.07) is 0.799. The Hall–Kier alpha value is -0.480. The fraction of sp³-hybridized carbons (Fsp3) is 0.846. The van der Waals surface area contributed by atoms with E-state index in [-0.39, 0.29) is 6.04 Å². The zero-order valence-electron chi connectivity index (χ0n) is 9.55. The second-order valence-electron chi connectivity index (χ2n) is 4.60. The maximum Gasteiger partial charge on any atom is 0.0660 e. The molecule has 1 unspecified atom stereocenters. The van der Waals surface area contributed by atoms with Gasteiger partial charge in [0.15, 0.2) is 0 Å². The molecule has 14 heavy (non-hydrogen) atoms. The molecule has 0 radical (unpaired) electrons. The van der Waals surface area contributed by atoms with Crippen molar-refractivity contribution in [2.45, 2.75) is 64.5 Å². The largest absolute Gasteiger partial charge is 0.301 e. The number of nitrogens with one attached hydrogen (secondary N) is 1. The molecule has 1 nitrogen and oxygen atoms in total. The van der Waals surface area contributed by atoms with Crippen molar-refractivity contribution in [1.29, 1.82) is 0 Å². The molecule has 0 saturated heterocycles. The molecule has 0 aromatic carbocycles. The Kier molecular flexibility index (Phi) is 5.04. The molecule has 1 rings (SSSR count). The lowest BCUT2D eigenvalue weighted by atomic mass is 9.92.